The molecule has 13 heteroatoms. The van der Waals surface area contributed by atoms with Gasteiger partial charge in [-0.15, -0.1) is 0 Å². The summed E-state index contributed by atoms with van der Waals surface area (Å²) in [5.41, 5.74) is 3.06. The van der Waals surface area contributed by atoms with E-state index in [1.807, 2.05) is 24.8 Å². The van der Waals surface area contributed by atoms with Crippen LogP contribution in [0.15, 0.2) is 36.4 Å². The molecule has 2 N–H and O–H groups in total. The third-order valence-electron chi connectivity index (χ3n) is 8.94. The largest absolute Gasteiger partial charge is 0.504 e. The van der Waals surface area contributed by atoms with Crippen molar-refractivity contribution < 1.29 is 51.6 Å². The number of hydrogen-bond donors (Lipinski definition) is 2. The topological polar surface area (TPSA) is 116 Å². The minimum absolute atomic E-state index is 0.0141. The third kappa shape index (κ3) is 5.92. The molecule has 3 aromatic carbocycles. The van der Waals surface area contributed by atoms with Crippen LogP contribution >= 0.6 is 0 Å². The number of hydrogen-bond acceptors (Lipinski definition) is 10. The molecule has 0 aromatic heterocycles. The maximum absolute atomic E-state index is 13.5. The lowest BCUT2D eigenvalue weighted by Gasteiger charge is -2.49. The second-order valence-electron chi connectivity index (χ2n) is 12.0. The smallest absolute Gasteiger partial charge is 0.416 e. The normalized spacial score (nSPS) is 20.3. The SMILES string of the molecule is COc1c(C)cc(C)c([C@H]2NCCN3C2Cc2c(OC(C)=O)c(C)c4c(c2[C@@H]3OC(=O)/C=C/c2cccc(C(F)(F)F)c2)OCO4)c1O. The summed E-state index contributed by atoms with van der Waals surface area (Å²) in [5, 5.41) is 15.0. The van der Waals surface area contributed by atoms with Gasteiger partial charge in [-0.1, -0.05) is 18.2 Å². The number of fused-ring (bicyclic) bond motifs is 4. The van der Waals surface area contributed by atoms with Crippen LogP contribution in [-0.2, 0) is 26.9 Å². The van der Waals surface area contributed by atoms with Crippen LogP contribution in [0.3, 0.4) is 0 Å². The van der Waals surface area contributed by atoms with Crippen molar-refractivity contribution in [3.63, 3.8) is 0 Å². The number of carbonyl (C=O) groups is 2. The fourth-order valence-corrected chi connectivity index (χ4v) is 7.00. The molecule has 1 fully saturated rings. The highest BCUT2D eigenvalue weighted by Gasteiger charge is 2.48. The summed E-state index contributed by atoms with van der Waals surface area (Å²) in [5.74, 6) is -0.0940. The van der Waals surface area contributed by atoms with E-state index in [0.717, 1.165) is 29.3 Å². The van der Waals surface area contributed by atoms with Gasteiger partial charge in [0.1, 0.15) is 5.75 Å². The molecule has 0 bridgehead atoms. The second kappa shape index (κ2) is 12.7. The number of aromatic hydroxyl groups is 1. The van der Waals surface area contributed by atoms with Crippen LogP contribution in [0.1, 0.15) is 63.7 Å². The molecular weight excluding hydrogens is 633 g/mol. The first-order valence-electron chi connectivity index (χ1n) is 15.4. The highest BCUT2D eigenvalue weighted by molar-refractivity contribution is 5.87. The Morgan fingerprint density at radius 2 is 1.81 bits per heavy atom. The average Bonchev–Trinajstić information content (AvgIpc) is 3.52. The molecule has 254 valence electrons. The molecule has 3 aromatic rings. The van der Waals surface area contributed by atoms with E-state index in [4.69, 9.17) is 23.7 Å². The van der Waals surface area contributed by atoms with Crippen molar-refractivity contribution in [2.75, 3.05) is 27.0 Å². The van der Waals surface area contributed by atoms with Gasteiger partial charge in [-0.25, -0.2) is 4.79 Å². The number of piperazine rings is 1. The summed E-state index contributed by atoms with van der Waals surface area (Å²) in [6.07, 6.45) is -3.00. The highest BCUT2D eigenvalue weighted by atomic mass is 19.4. The molecule has 1 unspecified atom stereocenters. The number of nitrogens with zero attached hydrogens (tertiary/aromatic N) is 1. The number of aryl methyl sites for hydroxylation is 2. The molecule has 0 aliphatic carbocycles. The molecule has 48 heavy (non-hydrogen) atoms. The fraction of sp³-hybridized carbons (Fsp3) is 0.371. The van der Waals surface area contributed by atoms with Crippen molar-refractivity contribution in [3.8, 4) is 28.7 Å². The predicted molar refractivity (Wildman–Crippen MR) is 167 cm³/mol. The molecule has 0 radical (unpaired) electrons. The van der Waals surface area contributed by atoms with E-state index in [9.17, 15) is 27.9 Å². The van der Waals surface area contributed by atoms with Crippen LogP contribution < -0.4 is 24.3 Å². The van der Waals surface area contributed by atoms with Gasteiger partial charge in [-0.05, 0) is 62.1 Å². The number of alkyl halides is 3. The van der Waals surface area contributed by atoms with E-state index in [-0.39, 0.29) is 23.9 Å². The average molecular weight is 669 g/mol. The minimum atomic E-state index is -4.54. The second-order valence-corrected chi connectivity index (χ2v) is 12.0. The Morgan fingerprint density at radius 3 is 2.52 bits per heavy atom. The van der Waals surface area contributed by atoms with Crippen molar-refractivity contribution in [1.29, 1.82) is 0 Å². The molecule has 3 atom stereocenters. The lowest BCUT2D eigenvalue weighted by molar-refractivity contribution is -0.161. The number of methoxy groups -OCH3 is 1. The van der Waals surface area contributed by atoms with E-state index in [0.29, 0.717) is 59.0 Å². The number of carbonyl (C=O) groups excluding carboxylic acids is 2. The van der Waals surface area contributed by atoms with Crippen LogP contribution in [0.4, 0.5) is 13.2 Å². The van der Waals surface area contributed by atoms with Crippen molar-refractivity contribution in [1.82, 2.24) is 10.2 Å². The molecule has 0 amide bonds. The first-order chi connectivity index (χ1) is 22.8. The summed E-state index contributed by atoms with van der Waals surface area (Å²) >= 11 is 0. The summed E-state index contributed by atoms with van der Waals surface area (Å²) in [7, 11) is 1.48. The lowest BCUT2D eigenvalue weighted by atomic mass is 9.81. The third-order valence-corrected chi connectivity index (χ3v) is 8.94. The van der Waals surface area contributed by atoms with Gasteiger partial charge in [-0.2, -0.15) is 13.2 Å². The maximum Gasteiger partial charge on any atom is 0.416 e. The van der Waals surface area contributed by atoms with Crippen molar-refractivity contribution in [2.24, 2.45) is 0 Å². The van der Waals surface area contributed by atoms with Gasteiger partial charge in [0.2, 0.25) is 6.79 Å². The maximum atomic E-state index is 13.5. The van der Waals surface area contributed by atoms with Crippen LogP contribution in [-0.4, -0.2) is 55.0 Å². The van der Waals surface area contributed by atoms with E-state index < -0.39 is 42.0 Å². The lowest BCUT2D eigenvalue weighted by Crippen LogP contribution is -2.58. The number of ether oxygens (including phenoxy) is 5. The molecule has 3 aliphatic heterocycles. The number of phenols is 1. The number of rotatable bonds is 6. The summed E-state index contributed by atoms with van der Waals surface area (Å²) in [6, 6.07) is 5.59. The zero-order valence-electron chi connectivity index (χ0n) is 27.0. The summed E-state index contributed by atoms with van der Waals surface area (Å²) < 4.78 is 69.0. The Hall–Kier alpha value is -4.75. The van der Waals surface area contributed by atoms with Crippen molar-refractivity contribution >= 4 is 18.0 Å². The number of halogens is 3. The van der Waals surface area contributed by atoms with Crippen LogP contribution in [0.2, 0.25) is 0 Å². The fourth-order valence-electron chi connectivity index (χ4n) is 7.00. The van der Waals surface area contributed by atoms with E-state index in [1.165, 1.54) is 32.2 Å². The molecule has 1 saturated heterocycles. The van der Waals surface area contributed by atoms with E-state index in [1.54, 1.807) is 6.92 Å². The molecule has 0 saturated carbocycles. The minimum Gasteiger partial charge on any atom is -0.504 e. The standard InChI is InChI=1S/C35H35F3N2O8/c1-17-13-18(2)30(44-5)29(43)26(17)28-24-15-23-27(33-32(45-16-46-33)19(3)31(23)47-20(4)41)34(40(24)12-11-39-28)48-25(42)10-9-21-7-6-8-22(14-21)35(36,37)38/h6-10,13-14,24,28,34,39,43H,11-12,15-16H2,1-5H3/b10-9+/t24?,28-,34-/m0/s1. The van der Waals surface area contributed by atoms with Gasteiger partial charge >= 0.3 is 18.1 Å². The first kappa shape index (κ1) is 33.2. The van der Waals surface area contributed by atoms with Crippen LogP contribution in [0.25, 0.3) is 6.08 Å². The van der Waals surface area contributed by atoms with Gasteiger partial charge in [0.15, 0.2) is 29.2 Å². The zero-order valence-corrected chi connectivity index (χ0v) is 27.0. The van der Waals surface area contributed by atoms with Crippen molar-refractivity contribution in [3.05, 3.63) is 80.9 Å². The molecule has 0 spiro atoms. The van der Waals surface area contributed by atoms with Crippen molar-refractivity contribution in [2.45, 2.75) is 58.6 Å². The summed E-state index contributed by atoms with van der Waals surface area (Å²) in [4.78, 5) is 27.8. The quantitative estimate of drug-likeness (QED) is 0.189. The monoisotopic (exact) mass is 668 g/mol. The molecule has 6 rings (SSSR count). The Labute approximate surface area is 275 Å². The Bertz CT molecular complexity index is 1820. The van der Waals surface area contributed by atoms with Gasteiger partial charge < -0.3 is 34.1 Å². The molecular formula is C35H35F3N2O8. The molecule has 3 heterocycles. The number of esters is 2. The Balaban J connectivity index is 1.46. The molecule has 3 aliphatic rings. The Kier molecular flexibility index (Phi) is 8.77. The molecule has 10 nitrogen and oxygen atoms in total. The van der Waals surface area contributed by atoms with Crippen LogP contribution in [0, 0.1) is 20.8 Å². The number of phenolic OH excluding ortho intramolecular Hbond substituents is 1. The van der Waals surface area contributed by atoms with E-state index >= 15 is 0 Å². The number of nitrogens with one attached hydrogen (secondary N) is 1. The summed E-state index contributed by atoms with van der Waals surface area (Å²) in [6.45, 7) is 7.51. The van der Waals surface area contributed by atoms with Crippen LogP contribution in [0.5, 0.6) is 28.7 Å². The van der Waals surface area contributed by atoms with Gasteiger partial charge in [-0.3, -0.25) is 9.69 Å². The predicted octanol–water partition coefficient (Wildman–Crippen LogP) is 5.83. The highest BCUT2D eigenvalue weighted by Crippen LogP contribution is 2.55. The van der Waals surface area contributed by atoms with Gasteiger partial charge in [0.25, 0.3) is 0 Å². The first-order valence-corrected chi connectivity index (χ1v) is 15.4. The van der Waals surface area contributed by atoms with E-state index in [2.05, 4.69) is 5.32 Å². The van der Waals surface area contributed by atoms with Gasteiger partial charge in [0.05, 0.1) is 24.3 Å². The van der Waals surface area contributed by atoms with Gasteiger partial charge in [0, 0.05) is 48.8 Å². The Morgan fingerprint density at radius 1 is 1.06 bits per heavy atom. The zero-order chi connectivity index (χ0) is 34.5. The number of benzene rings is 3.